The summed E-state index contributed by atoms with van der Waals surface area (Å²) in [6, 6.07) is 10.8. The second kappa shape index (κ2) is 5.36. The highest BCUT2D eigenvalue weighted by Crippen LogP contribution is 2.23. The van der Waals surface area contributed by atoms with Crippen LogP contribution in [0.2, 0.25) is 0 Å². The molecule has 2 nitrogen and oxygen atoms in total. The minimum absolute atomic E-state index is 0.0655. The van der Waals surface area contributed by atoms with Crippen LogP contribution in [0.3, 0.4) is 0 Å². The third-order valence-corrected chi connectivity index (χ3v) is 3.13. The summed E-state index contributed by atoms with van der Waals surface area (Å²) in [5, 5.41) is 3.20. The predicted molar refractivity (Wildman–Crippen MR) is 81.5 cm³/mol. The van der Waals surface area contributed by atoms with Gasteiger partial charge >= 0.3 is 0 Å². The van der Waals surface area contributed by atoms with Crippen LogP contribution in [0.25, 0.3) is 0 Å². The number of thiocarbonyl (C=S) groups is 1. The van der Waals surface area contributed by atoms with Crippen LogP contribution in [0, 0.1) is 19.7 Å². The second-order valence-corrected chi connectivity index (χ2v) is 4.94. The molecule has 0 unspecified atom stereocenters. The zero-order valence-electron chi connectivity index (χ0n) is 10.8. The molecule has 2 rings (SSSR count). The molecule has 0 bridgehead atoms. The summed E-state index contributed by atoms with van der Waals surface area (Å²) in [7, 11) is 0. The monoisotopic (exact) mass is 274 g/mol. The van der Waals surface area contributed by atoms with Gasteiger partial charge in [-0.1, -0.05) is 24.4 Å². The smallest absolute Gasteiger partial charge is 0.135 e. The topological polar surface area (TPSA) is 38.0 Å². The third kappa shape index (κ3) is 3.09. The van der Waals surface area contributed by atoms with Crippen molar-refractivity contribution in [3.63, 3.8) is 0 Å². The zero-order valence-corrected chi connectivity index (χ0v) is 11.6. The fraction of sp³-hybridized carbons (Fsp3) is 0.133. The van der Waals surface area contributed by atoms with Gasteiger partial charge < -0.3 is 11.1 Å². The Hall–Kier alpha value is -1.94. The van der Waals surface area contributed by atoms with Crippen molar-refractivity contribution in [1.29, 1.82) is 0 Å². The van der Waals surface area contributed by atoms with Gasteiger partial charge in [0.05, 0.1) is 0 Å². The van der Waals surface area contributed by atoms with Crippen LogP contribution < -0.4 is 11.1 Å². The number of anilines is 2. The first-order chi connectivity index (χ1) is 8.97. The summed E-state index contributed by atoms with van der Waals surface area (Å²) in [5.41, 5.74) is 9.58. The Kier molecular flexibility index (Phi) is 3.81. The summed E-state index contributed by atoms with van der Waals surface area (Å²) in [6.45, 7) is 4.02. The first kappa shape index (κ1) is 13.5. The van der Waals surface area contributed by atoms with Crippen molar-refractivity contribution >= 4 is 28.6 Å². The molecule has 0 aliphatic heterocycles. The van der Waals surface area contributed by atoms with E-state index in [4.69, 9.17) is 18.0 Å². The van der Waals surface area contributed by atoms with Crippen LogP contribution in [-0.4, -0.2) is 4.99 Å². The van der Waals surface area contributed by atoms with Crippen molar-refractivity contribution in [2.24, 2.45) is 5.73 Å². The maximum absolute atomic E-state index is 13.8. The van der Waals surface area contributed by atoms with Gasteiger partial charge in [-0.25, -0.2) is 4.39 Å². The summed E-state index contributed by atoms with van der Waals surface area (Å²) >= 11 is 4.78. The fourth-order valence-corrected chi connectivity index (χ4v) is 1.98. The predicted octanol–water partition coefficient (Wildman–Crippen LogP) is 3.82. The lowest BCUT2D eigenvalue weighted by Crippen LogP contribution is -2.11. The number of nitrogens with two attached hydrogens (primary N) is 1. The number of aryl methyl sites for hydroxylation is 2. The van der Waals surface area contributed by atoms with E-state index in [1.54, 1.807) is 12.1 Å². The molecular formula is C15H15FN2S. The molecular weight excluding hydrogens is 259 g/mol. The van der Waals surface area contributed by atoms with Crippen LogP contribution in [0.1, 0.15) is 16.7 Å². The molecule has 0 spiro atoms. The van der Waals surface area contributed by atoms with Crippen LogP contribution in [0.5, 0.6) is 0 Å². The lowest BCUT2D eigenvalue weighted by molar-refractivity contribution is 0.626. The van der Waals surface area contributed by atoms with Crippen LogP contribution in [0.4, 0.5) is 15.8 Å². The third-order valence-electron chi connectivity index (χ3n) is 2.91. The van der Waals surface area contributed by atoms with Gasteiger partial charge in [-0.05, 0) is 49.2 Å². The Morgan fingerprint density at radius 2 is 1.89 bits per heavy atom. The number of hydrogen-bond donors (Lipinski definition) is 2. The molecule has 19 heavy (non-hydrogen) atoms. The molecule has 0 amide bonds. The molecule has 0 saturated carbocycles. The van der Waals surface area contributed by atoms with E-state index in [9.17, 15) is 4.39 Å². The summed E-state index contributed by atoms with van der Waals surface area (Å²) in [5.74, 6) is -0.414. The Bertz CT molecular complexity index is 638. The number of hydrogen-bond acceptors (Lipinski definition) is 2. The molecule has 2 aromatic carbocycles. The van der Waals surface area contributed by atoms with E-state index in [-0.39, 0.29) is 10.6 Å². The highest BCUT2D eigenvalue weighted by molar-refractivity contribution is 7.80. The van der Waals surface area contributed by atoms with Gasteiger partial charge in [0.1, 0.15) is 10.8 Å². The number of benzene rings is 2. The number of rotatable bonds is 3. The van der Waals surface area contributed by atoms with E-state index in [0.717, 1.165) is 16.8 Å². The van der Waals surface area contributed by atoms with Crippen LogP contribution >= 0.6 is 12.2 Å². The standard InChI is InChI=1S/C15H15FN2S/c1-9-3-4-10(2)14(7-9)18-11-5-6-12(15(17)19)13(16)8-11/h3-8,18H,1-2H3,(H2,17,19). The van der Waals surface area contributed by atoms with Gasteiger partial charge in [0.25, 0.3) is 0 Å². The highest BCUT2D eigenvalue weighted by atomic mass is 32.1. The van der Waals surface area contributed by atoms with Crippen molar-refractivity contribution in [3.05, 3.63) is 58.9 Å². The zero-order chi connectivity index (χ0) is 14.0. The van der Waals surface area contributed by atoms with E-state index >= 15 is 0 Å². The number of nitrogens with one attached hydrogen (secondary N) is 1. The normalized spacial score (nSPS) is 10.3. The average Bonchev–Trinajstić information content (AvgIpc) is 2.33. The minimum Gasteiger partial charge on any atom is -0.389 e. The average molecular weight is 274 g/mol. The Morgan fingerprint density at radius 1 is 1.16 bits per heavy atom. The van der Waals surface area contributed by atoms with Crippen molar-refractivity contribution in [2.75, 3.05) is 5.32 Å². The van der Waals surface area contributed by atoms with Gasteiger partial charge in [0.15, 0.2) is 0 Å². The van der Waals surface area contributed by atoms with Crippen LogP contribution in [0.15, 0.2) is 36.4 Å². The Labute approximate surface area is 117 Å². The van der Waals surface area contributed by atoms with Gasteiger partial charge in [-0.15, -0.1) is 0 Å². The Balaban J connectivity index is 2.31. The molecule has 0 aliphatic rings. The molecule has 0 atom stereocenters. The lowest BCUT2D eigenvalue weighted by Gasteiger charge is -2.11. The van der Waals surface area contributed by atoms with Gasteiger partial charge in [-0.3, -0.25) is 0 Å². The fourth-order valence-electron chi connectivity index (χ4n) is 1.82. The van der Waals surface area contributed by atoms with Crippen molar-refractivity contribution in [1.82, 2.24) is 0 Å². The molecule has 98 valence electrons. The Morgan fingerprint density at radius 3 is 2.53 bits per heavy atom. The van der Waals surface area contributed by atoms with E-state index in [0.29, 0.717) is 5.69 Å². The van der Waals surface area contributed by atoms with Crippen LogP contribution in [-0.2, 0) is 0 Å². The maximum atomic E-state index is 13.8. The van der Waals surface area contributed by atoms with E-state index in [1.807, 2.05) is 32.0 Å². The van der Waals surface area contributed by atoms with E-state index < -0.39 is 5.82 Å². The SMILES string of the molecule is Cc1ccc(C)c(Nc2ccc(C(N)=S)c(F)c2)c1. The van der Waals surface area contributed by atoms with E-state index in [1.165, 1.54) is 6.07 Å². The quantitative estimate of drug-likeness (QED) is 0.836. The van der Waals surface area contributed by atoms with Gasteiger partial charge in [-0.2, -0.15) is 0 Å². The molecule has 2 aromatic rings. The van der Waals surface area contributed by atoms with Crippen molar-refractivity contribution in [3.8, 4) is 0 Å². The first-order valence-corrected chi connectivity index (χ1v) is 6.32. The highest BCUT2D eigenvalue weighted by Gasteiger charge is 2.07. The first-order valence-electron chi connectivity index (χ1n) is 5.91. The molecule has 3 N–H and O–H groups in total. The molecule has 0 heterocycles. The maximum Gasteiger partial charge on any atom is 0.135 e. The summed E-state index contributed by atoms with van der Waals surface area (Å²) < 4.78 is 13.8. The summed E-state index contributed by atoms with van der Waals surface area (Å²) in [6.07, 6.45) is 0. The molecule has 0 fully saturated rings. The molecule has 0 aromatic heterocycles. The van der Waals surface area contributed by atoms with Crippen molar-refractivity contribution < 1.29 is 4.39 Å². The molecule has 0 saturated heterocycles. The second-order valence-electron chi connectivity index (χ2n) is 4.50. The van der Waals surface area contributed by atoms with E-state index in [2.05, 4.69) is 5.32 Å². The molecule has 0 aliphatic carbocycles. The summed E-state index contributed by atoms with van der Waals surface area (Å²) in [4.78, 5) is 0.0655. The lowest BCUT2D eigenvalue weighted by atomic mass is 10.1. The number of halogens is 1. The largest absolute Gasteiger partial charge is 0.389 e. The molecule has 4 heteroatoms. The minimum atomic E-state index is -0.414. The van der Waals surface area contributed by atoms with Crippen molar-refractivity contribution in [2.45, 2.75) is 13.8 Å². The van der Waals surface area contributed by atoms with Gasteiger partial charge in [0.2, 0.25) is 0 Å². The van der Waals surface area contributed by atoms with Gasteiger partial charge in [0, 0.05) is 16.9 Å². The molecule has 0 radical (unpaired) electrons.